The van der Waals surface area contributed by atoms with Crippen molar-refractivity contribution in [1.82, 2.24) is 19.9 Å². The van der Waals surface area contributed by atoms with Gasteiger partial charge in [0, 0.05) is 33.4 Å². The zero-order valence-corrected chi connectivity index (χ0v) is 28.7. The van der Waals surface area contributed by atoms with Crippen LogP contribution in [-0.2, 0) is 10.1 Å². The van der Waals surface area contributed by atoms with E-state index in [1.54, 1.807) is 54.6 Å². The molecule has 232 valence electrons. The third-order valence-corrected chi connectivity index (χ3v) is 8.23. The molecule has 0 aliphatic heterocycles. The standard InChI is InChI=1S/C15H8N2O5S.C15H8N2O2S.K.H2O2.H2O/c18-13-7-3-1-2-4-8(7)14(19)11-9(13)5-6-10-12(11)17-15(16-10)23(20,21)22;18-13-7-3-1-2-4-8(7)14(19)11-9(13)5-6-10-12(11)17-15(20)16-10;;1-2;/h1-6H,(H,16,17)(H,20,21,22);1-6H,(H2,16,17,20);;1-2H;1H2/q;;+1;;/p-1. The Morgan fingerprint density at radius 2 is 1.04 bits per heavy atom. The smallest absolute Gasteiger partial charge is 0.870 e. The molecule has 2 aromatic heterocycles. The number of aromatic nitrogens is 4. The van der Waals surface area contributed by atoms with Gasteiger partial charge >= 0.3 is 61.5 Å². The summed E-state index contributed by atoms with van der Waals surface area (Å²) >= 11 is 5.06. The Hall–Kier alpha value is -3.85. The van der Waals surface area contributed by atoms with Gasteiger partial charge in [0.05, 0.1) is 27.7 Å². The maximum atomic E-state index is 12.7. The van der Waals surface area contributed by atoms with Crippen molar-refractivity contribution in [1.29, 1.82) is 0 Å². The Morgan fingerprint density at radius 3 is 1.55 bits per heavy atom. The predicted octanol–water partition coefficient (Wildman–Crippen LogP) is 1.43. The molecule has 0 fully saturated rings. The zero-order valence-electron chi connectivity index (χ0n) is 23.9. The van der Waals surface area contributed by atoms with Crippen LogP contribution in [0.3, 0.4) is 0 Å². The molecule has 0 bridgehead atoms. The van der Waals surface area contributed by atoms with Crippen LogP contribution in [0.2, 0.25) is 0 Å². The van der Waals surface area contributed by atoms with E-state index in [2.05, 4.69) is 19.9 Å². The molecule has 14 nitrogen and oxygen atoms in total. The normalized spacial score (nSPS) is 12.7. The first-order valence-corrected chi connectivity index (χ1v) is 14.7. The molecule has 2 heterocycles. The van der Waals surface area contributed by atoms with Gasteiger partial charge in [-0.1, -0.05) is 48.5 Å². The van der Waals surface area contributed by atoms with Crippen molar-refractivity contribution in [3.05, 3.63) is 122 Å². The Morgan fingerprint density at radius 1 is 0.596 bits per heavy atom. The average Bonchev–Trinajstić information content (AvgIpc) is 3.66. The van der Waals surface area contributed by atoms with E-state index in [1.807, 2.05) is 0 Å². The molecule has 2 aliphatic rings. The molecule has 2 aliphatic carbocycles. The number of H-pyrrole nitrogens is 3. The minimum absolute atomic E-state index is 0. The van der Waals surface area contributed by atoms with Gasteiger partial charge in [0.1, 0.15) is 5.52 Å². The summed E-state index contributed by atoms with van der Waals surface area (Å²) in [5.41, 5.74) is 4.09. The summed E-state index contributed by atoms with van der Waals surface area (Å²) in [7, 11) is -4.55. The van der Waals surface area contributed by atoms with Crippen LogP contribution in [0.4, 0.5) is 0 Å². The maximum Gasteiger partial charge on any atom is 1.00 e. The maximum absolute atomic E-state index is 12.7. The van der Waals surface area contributed by atoms with Crippen LogP contribution in [0.5, 0.6) is 0 Å². The van der Waals surface area contributed by atoms with Crippen molar-refractivity contribution in [2.75, 3.05) is 0 Å². The molecular weight excluding hydrogens is 680 g/mol. The molecule has 0 atom stereocenters. The zero-order chi connectivity index (χ0) is 32.2. The Labute approximate surface area is 311 Å². The number of imidazole rings is 2. The number of rotatable bonds is 1. The topological polar surface area (TPSA) is 253 Å². The monoisotopic (exact) mass is 698 g/mol. The molecule has 0 saturated heterocycles. The van der Waals surface area contributed by atoms with E-state index >= 15 is 0 Å². The second-order valence-corrected chi connectivity index (χ2v) is 11.5. The van der Waals surface area contributed by atoms with Gasteiger partial charge < -0.3 is 20.4 Å². The van der Waals surface area contributed by atoms with Crippen molar-refractivity contribution in [3.63, 3.8) is 0 Å². The number of carbonyl (C=O) groups is 4. The van der Waals surface area contributed by atoms with Crippen LogP contribution in [0.1, 0.15) is 63.7 Å². The molecule has 6 aromatic rings. The Bertz CT molecular complexity index is 2450. The summed E-state index contributed by atoms with van der Waals surface area (Å²) in [5, 5.41) is 11.3. The third-order valence-electron chi connectivity index (χ3n) is 7.35. The fourth-order valence-corrected chi connectivity index (χ4v) is 6.10. The molecule has 4 aromatic carbocycles. The molecule has 0 radical (unpaired) electrons. The molecule has 47 heavy (non-hydrogen) atoms. The second-order valence-electron chi connectivity index (χ2n) is 9.80. The first-order valence-electron chi connectivity index (χ1n) is 12.9. The molecule has 0 amide bonds. The minimum Gasteiger partial charge on any atom is -0.870 e. The van der Waals surface area contributed by atoms with Gasteiger partial charge in [0.2, 0.25) is 0 Å². The van der Waals surface area contributed by atoms with Gasteiger partial charge in [-0.25, -0.2) is 4.98 Å². The van der Waals surface area contributed by atoms with Crippen LogP contribution in [0.15, 0.2) is 78.0 Å². The summed E-state index contributed by atoms with van der Waals surface area (Å²) in [5.74, 6) is -1.01. The van der Waals surface area contributed by atoms with Gasteiger partial charge in [-0.3, -0.25) is 34.2 Å². The van der Waals surface area contributed by atoms with E-state index in [1.165, 1.54) is 18.2 Å². The quantitative estimate of drug-likeness (QED) is 0.0468. The van der Waals surface area contributed by atoms with E-state index in [-0.39, 0.29) is 102 Å². The van der Waals surface area contributed by atoms with Crippen LogP contribution in [0.25, 0.3) is 22.1 Å². The van der Waals surface area contributed by atoms with E-state index < -0.39 is 21.1 Å². The summed E-state index contributed by atoms with van der Waals surface area (Å²) in [6, 6.07) is 19.6. The molecule has 0 saturated carbocycles. The minimum atomic E-state index is -4.55. The molecule has 7 N–H and O–H groups in total. The van der Waals surface area contributed by atoms with Crippen molar-refractivity contribution in [3.8, 4) is 0 Å². The van der Waals surface area contributed by atoms with Crippen molar-refractivity contribution in [2.24, 2.45) is 0 Å². The largest absolute Gasteiger partial charge is 1.00 e. The summed E-state index contributed by atoms with van der Waals surface area (Å²) in [6.45, 7) is 0. The second kappa shape index (κ2) is 13.7. The predicted molar refractivity (Wildman–Crippen MR) is 163 cm³/mol. The van der Waals surface area contributed by atoms with Gasteiger partial charge in [-0.2, -0.15) is 8.42 Å². The number of ketones is 4. The van der Waals surface area contributed by atoms with E-state index in [4.69, 9.17) is 27.3 Å². The number of aromatic amines is 3. The molecule has 0 spiro atoms. The fourth-order valence-electron chi connectivity index (χ4n) is 5.44. The number of nitrogens with one attached hydrogen (secondary N) is 3. The Balaban J connectivity index is 0.000000196. The van der Waals surface area contributed by atoms with Crippen LogP contribution < -0.4 is 51.4 Å². The van der Waals surface area contributed by atoms with Gasteiger partial charge in [-0.05, 0) is 36.5 Å². The number of nitrogens with zero attached hydrogens (tertiary/aromatic N) is 1. The van der Waals surface area contributed by atoms with Crippen molar-refractivity contribution < 1.29 is 99.5 Å². The molecule has 8 rings (SSSR count). The number of hydrogen-bond acceptors (Lipinski definition) is 11. The van der Waals surface area contributed by atoms with E-state index in [0.717, 1.165) is 5.52 Å². The van der Waals surface area contributed by atoms with E-state index in [0.29, 0.717) is 38.1 Å². The summed E-state index contributed by atoms with van der Waals surface area (Å²) in [4.78, 5) is 62.5. The first-order chi connectivity index (χ1) is 21.5. The van der Waals surface area contributed by atoms with Crippen LogP contribution in [0, 0.1) is 4.77 Å². The number of carbonyl (C=O) groups excluding carboxylic acids is 4. The average molecular weight is 699 g/mol. The van der Waals surface area contributed by atoms with Gasteiger partial charge in [0.25, 0.3) is 5.16 Å². The third kappa shape index (κ3) is 6.03. The molecule has 17 heteroatoms. The first kappa shape index (κ1) is 36.0. The molecule has 0 unspecified atom stereocenters. The van der Waals surface area contributed by atoms with E-state index in [9.17, 15) is 27.6 Å². The van der Waals surface area contributed by atoms with Crippen molar-refractivity contribution in [2.45, 2.75) is 5.16 Å². The number of benzene rings is 4. The van der Waals surface area contributed by atoms with Crippen molar-refractivity contribution >= 4 is 67.5 Å². The number of fused-ring (bicyclic) bond motifs is 8. The van der Waals surface area contributed by atoms with Crippen LogP contribution in [-0.4, -0.2) is 72.0 Å². The van der Waals surface area contributed by atoms with Crippen LogP contribution >= 0.6 is 12.2 Å². The van der Waals surface area contributed by atoms with Gasteiger partial charge in [0.15, 0.2) is 27.9 Å². The Kier molecular flexibility index (Phi) is 10.5. The van der Waals surface area contributed by atoms with Gasteiger partial charge in [-0.15, -0.1) is 0 Å². The SMILES string of the molecule is O=C1c2ccccc2C(=O)c2c1ccc1[nH]c(=S)[nH]c21.O=C1c2ccccc2C(=O)c2c1ccc1[nH]c(S(=O)(=O)O)nc21.OO.[K+].[OH-]. The number of hydrogen-bond donors (Lipinski definition) is 6. The summed E-state index contributed by atoms with van der Waals surface area (Å²) < 4.78 is 32.0. The fraction of sp³-hybridized carbons (Fsp3) is 0. The summed E-state index contributed by atoms with van der Waals surface area (Å²) in [6.07, 6.45) is 0. The molecular formula is C30H19KN4O10S2.